The number of guanidine groups is 1. The summed E-state index contributed by atoms with van der Waals surface area (Å²) in [4.78, 5) is 17.9. The molecule has 0 aliphatic carbocycles. The van der Waals surface area contributed by atoms with Gasteiger partial charge in [0.2, 0.25) is 0 Å². The van der Waals surface area contributed by atoms with E-state index in [1.807, 2.05) is 37.4 Å². The minimum Gasteiger partial charge on any atom is -0.357 e. The Morgan fingerprint density at radius 3 is 2.58 bits per heavy atom. The number of aromatic nitrogens is 3. The Labute approximate surface area is 182 Å². The highest BCUT2D eigenvalue weighted by atomic mass is 19.1. The number of nitrogens with one attached hydrogen (secondary N) is 1. The van der Waals surface area contributed by atoms with Gasteiger partial charge >= 0.3 is 0 Å². The van der Waals surface area contributed by atoms with Gasteiger partial charge in [-0.3, -0.25) is 0 Å². The molecule has 0 radical (unpaired) electrons. The fraction of sp³-hybridized carbons (Fsp3) is 0.348. The van der Waals surface area contributed by atoms with Gasteiger partial charge in [-0.15, -0.1) is 0 Å². The first-order valence-corrected chi connectivity index (χ1v) is 10.6. The van der Waals surface area contributed by atoms with Gasteiger partial charge in [-0.25, -0.2) is 19.4 Å². The Morgan fingerprint density at radius 2 is 1.94 bits per heavy atom. The van der Waals surface area contributed by atoms with Crippen LogP contribution in [-0.2, 0) is 6.54 Å². The summed E-state index contributed by atoms with van der Waals surface area (Å²) in [5.74, 6) is 2.35. The third-order valence-corrected chi connectivity index (χ3v) is 5.40. The lowest BCUT2D eigenvalue weighted by atomic mass is 10.2. The average molecular weight is 422 g/mol. The van der Waals surface area contributed by atoms with Crippen molar-refractivity contribution < 1.29 is 4.39 Å². The molecule has 1 fully saturated rings. The van der Waals surface area contributed by atoms with Crippen molar-refractivity contribution in [3.63, 3.8) is 0 Å². The number of halogens is 1. The van der Waals surface area contributed by atoms with E-state index in [2.05, 4.69) is 32.0 Å². The molecule has 1 aliphatic heterocycles. The van der Waals surface area contributed by atoms with Crippen LogP contribution in [-0.4, -0.2) is 58.1 Å². The van der Waals surface area contributed by atoms with Crippen molar-refractivity contribution in [3.05, 3.63) is 72.2 Å². The van der Waals surface area contributed by atoms with E-state index in [0.29, 0.717) is 12.2 Å². The predicted molar refractivity (Wildman–Crippen MR) is 121 cm³/mol. The Bertz CT molecular complexity index is 1020. The Hall–Kier alpha value is -3.42. The van der Waals surface area contributed by atoms with Crippen molar-refractivity contribution in [2.24, 2.45) is 4.99 Å². The molecule has 0 atom stereocenters. The van der Waals surface area contributed by atoms with E-state index in [-0.39, 0.29) is 5.82 Å². The van der Waals surface area contributed by atoms with Crippen LogP contribution in [0.25, 0.3) is 5.69 Å². The third kappa shape index (κ3) is 4.84. The fourth-order valence-corrected chi connectivity index (χ4v) is 3.76. The zero-order valence-electron chi connectivity index (χ0n) is 18.0. The molecular formula is C23H28FN7. The number of pyridine rings is 1. The number of hydrogen-bond donors (Lipinski definition) is 1. The van der Waals surface area contributed by atoms with Gasteiger partial charge in [0.1, 0.15) is 17.5 Å². The van der Waals surface area contributed by atoms with Crippen molar-refractivity contribution in [2.45, 2.75) is 20.4 Å². The van der Waals surface area contributed by atoms with Gasteiger partial charge in [-0.2, -0.15) is 0 Å². The molecule has 162 valence electrons. The number of aryl methyl sites for hydroxylation is 1. The third-order valence-electron chi connectivity index (χ3n) is 5.40. The minimum atomic E-state index is -0.275. The van der Waals surface area contributed by atoms with Crippen LogP contribution in [0.3, 0.4) is 0 Å². The molecule has 1 N–H and O–H groups in total. The first-order chi connectivity index (χ1) is 15.2. The highest BCUT2D eigenvalue weighted by Crippen LogP contribution is 2.18. The molecule has 31 heavy (non-hydrogen) atoms. The van der Waals surface area contributed by atoms with E-state index < -0.39 is 0 Å². The molecule has 0 saturated carbocycles. The summed E-state index contributed by atoms with van der Waals surface area (Å²) in [6.07, 6.45) is 5.26. The first-order valence-electron chi connectivity index (χ1n) is 10.6. The normalized spacial score (nSPS) is 14.7. The molecule has 3 heterocycles. The molecule has 1 aromatic carbocycles. The molecule has 1 aliphatic rings. The number of aliphatic imine (C=N–C) groups is 1. The van der Waals surface area contributed by atoms with Crippen LogP contribution in [0.1, 0.15) is 18.3 Å². The minimum absolute atomic E-state index is 0.275. The number of nitrogens with zero attached hydrogens (tertiary/aromatic N) is 6. The summed E-state index contributed by atoms with van der Waals surface area (Å²) < 4.78 is 16.4. The average Bonchev–Trinajstić information content (AvgIpc) is 3.23. The smallest absolute Gasteiger partial charge is 0.194 e. The molecule has 2 aromatic heterocycles. The maximum atomic E-state index is 14.7. The summed E-state index contributed by atoms with van der Waals surface area (Å²) in [7, 11) is 0. The van der Waals surface area contributed by atoms with Crippen LogP contribution in [0.2, 0.25) is 0 Å². The fourth-order valence-electron chi connectivity index (χ4n) is 3.76. The van der Waals surface area contributed by atoms with Crippen molar-refractivity contribution in [1.29, 1.82) is 0 Å². The van der Waals surface area contributed by atoms with E-state index in [9.17, 15) is 4.39 Å². The predicted octanol–water partition coefficient (Wildman–Crippen LogP) is 3.00. The molecule has 0 unspecified atom stereocenters. The molecule has 0 amide bonds. The topological polar surface area (TPSA) is 61.6 Å². The summed E-state index contributed by atoms with van der Waals surface area (Å²) >= 11 is 0. The van der Waals surface area contributed by atoms with Crippen LogP contribution in [0.5, 0.6) is 0 Å². The number of piperazine rings is 1. The van der Waals surface area contributed by atoms with Crippen LogP contribution in [0.4, 0.5) is 10.2 Å². The van der Waals surface area contributed by atoms with Gasteiger partial charge < -0.3 is 19.7 Å². The second-order valence-corrected chi connectivity index (χ2v) is 7.46. The lowest BCUT2D eigenvalue weighted by Gasteiger charge is -2.37. The zero-order chi connectivity index (χ0) is 21.6. The summed E-state index contributed by atoms with van der Waals surface area (Å²) in [5.41, 5.74) is 1.34. The maximum absolute atomic E-state index is 14.7. The van der Waals surface area contributed by atoms with Crippen molar-refractivity contribution in [2.75, 3.05) is 37.6 Å². The zero-order valence-corrected chi connectivity index (χ0v) is 18.0. The number of anilines is 1. The Balaban J connectivity index is 1.42. The monoisotopic (exact) mass is 421 g/mol. The number of hydrogen-bond acceptors (Lipinski definition) is 4. The lowest BCUT2D eigenvalue weighted by Crippen LogP contribution is -2.52. The van der Waals surface area contributed by atoms with Gasteiger partial charge in [0.25, 0.3) is 0 Å². The van der Waals surface area contributed by atoms with Gasteiger partial charge in [-0.05, 0) is 43.7 Å². The molecule has 4 rings (SSSR count). The van der Waals surface area contributed by atoms with Crippen LogP contribution >= 0.6 is 0 Å². The summed E-state index contributed by atoms with van der Waals surface area (Å²) in [6.45, 7) is 8.60. The molecular weight excluding hydrogens is 393 g/mol. The number of benzene rings is 1. The highest BCUT2D eigenvalue weighted by molar-refractivity contribution is 5.80. The lowest BCUT2D eigenvalue weighted by molar-refractivity contribution is 0.371. The van der Waals surface area contributed by atoms with Crippen LogP contribution in [0.15, 0.2) is 60.0 Å². The van der Waals surface area contributed by atoms with Crippen molar-refractivity contribution in [1.82, 2.24) is 24.8 Å². The van der Waals surface area contributed by atoms with E-state index in [0.717, 1.165) is 55.9 Å². The number of rotatable bonds is 5. The van der Waals surface area contributed by atoms with Gasteiger partial charge in [0.05, 0.1) is 12.2 Å². The van der Waals surface area contributed by atoms with Gasteiger partial charge in [0, 0.05) is 51.3 Å². The highest BCUT2D eigenvalue weighted by Gasteiger charge is 2.20. The summed E-state index contributed by atoms with van der Waals surface area (Å²) in [5, 5.41) is 3.37. The second-order valence-electron chi connectivity index (χ2n) is 7.46. The van der Waals surface area contributed by atoms with E-state index in [1.165, 1.54) is 0 Å². The Kier molecular flexibility index (Phi) is 6.45. The molecule has 0 spiro atoms. The van der Waals surface area contributed by atoms with Crippen molar-refractivity contribution in [3.8, 4) is 5.69 Å². The maximum Gasteiger partial charge on any atom is 0.194 e. The Morgan fingerprint density at radius 1 is 1.10 bits per heavy atom. The second kappa shape index (κ2) is 9.59. The SMILES string of the molecule is CCNC(=NCc1ccc(-n2ccnc2C)c(F)c1)N1CCN(c2ccccn2)CC1. The molecule has 8 heteroatoms. The molecule has 3 aromatic rings. The van der Waals surface area contributed by atoms with Crippen molar-refractivity contribution >= 4 is 11.8 Å². The molecule has 0 bridgehead atoms. The molecule has 7 nitrogen and oxygen atoms in total. The number of imidazole rings is 1. The van der Waals surface area contributed by atoms with Gasteiger partial charge in [-0.1, -0.05) is 12.1 Å². The van der Waals surface area contributed by atoms with E-state index in [4.69, 9.17) is 4.99 Å². The van der Waals surface area contributed by atoms with Crippen LogP contribution in [0, 0.1) is 12.7 Å². The standard InChI is InChI=1S/C23H28FN7/c1-3-25-23(30-14-12-29(13-15-30)22-6-4-5-9-27-22)28-17-19-7-8-21(20(24)16-19)31-11-10-26-18(31)2/h4-11,16H,3,12-15,17H2,1-2H3,(H,25,28). The first kappa shape index (κ1) is 20.8. The van der Waals surface area contributed by atoms with Gasteiger partial charge in [0.15, 0.2) is 5.96 Å². The van der Waals surface area contributed by atoms with E-state index in [1.54, 1.807) is 29.1 Å². The summed E-state index contributed by atoms with van der Waals surface area (Å²) in [6, 6.07) is 11.2. The van der Waals surface area contributed by atoms with Crippen LogP contribution < -0.4 is 10.2 Å². The molecule has 1 saturated heterocycles. The quantitative estimate of drug-likeness (QED) is 0.507. The van der Waals surface area contributed by atoms with E-state index >= 15 is 0 Å². The largest absolute Gasteiger partial charge is 0.357 e.